The van der Waals surface area contributed by atoms with Gasteiger partial charge in [0, 0.05) is 58.4 Å². The number of alkyl halides is 1. The van der Waals surface area contributed by atoms with Gasteiger partial charge < -0.3 is 50.1 Å². The van der Waals surface area contributed by atoms with Crippen LogP contribution in [0.4, 0.5) is 37.3 Å². The number of nitrogens with one attached hydrogen (secondary N) is 3. The minimum atomic E-state index is -0.697. The minimum Gasteiger partial charge on any atom is -0.474 e. The second kappa shape index (κ2) is 28.4. The average Bonchev–Trinajstić information content (AvgIpc) is 3.97. The maximum Gasteiger partial charge on any atom is 0.416 e. The average molecular weight is 1270 g/mol. The van der Waals surface area contributed by atoms with Gasteiger partial charge in [-0.1, -0.05) is 34.2 Å². The summed E-state index contributed by atoms with van der Waals surface area (Å²) in [5.74, 6) is -0.291. The summed E-state index contributed by atoms with van der Waals surface area (Å²) in [6.45, 7) is 1.04. The first-order valence-electron chi connectivity index (χ1n) is 21.3. The first kappa shape index (κ1) is 61.8. The van der Waals surface area contributed by atoms with Crippen molar-refractivity contribution in [1.29, 1.82) is 0 Å². The van der Waals surface area contributed by atoms with Crippen molar-refractivity contribution >= 4 is 137 Å². The van der Waals surface area contributed by atoms with Gasteiger partial charge in [-0.25, -0.2) is 43.9 Å². The second-order valence-corrected chi connectivity index (χ2v) is 15.4. The fourth-order valence-corrected chi connectivity index (χ4v) is 6.84. The van der Waals surface area contributed by atoms with E-state index in [2.05, 4.69) is 78.4 Å². The topological polar surface area (TPSA) is 356 Å². The van der Waals surface area contributed by atoms with Crippen molar-refractivity contribution in [2.75, 3.05) is 84.5 Å². The Morgan fingerprint density at radius 2 is 1.26 bits per heavy atom. The maximum absolute atomic E-state index is 14.2. The molecule has 10 heterocycles. The summed E-state index contributed by atoms with van der Waals surface area (Å²) < 4.78 is 47.9. The molecule has 2 fully saturated rings. The van der Waals surface area contributed by atoms with Crippen LogP contribution in [0.5, 0.6) is 23.5 Å². The van der Waals surface area contributed by atoms with Gasteiger partial charge in [-0.05, 0) is 11.0 Å². The second-order valence-electron chi connectivity index (χ2n) is 15.0. The number of aromatic nitrogens is 10. The molecule has 10 rings (SSSR count). The van der Waals surface area contributed by atoms with Crippen LogP contribution in [0.3, 0.4) is 0 Å². The van der Waals surface area contributed by atoms with E-state index in [1.54, 1.807) is 7.05 Å². The molecule has 4 aliphatic heterocycles. The number of hydrogen-bond acceptors (Lipinski definition) is 23. The number of anilines is 4. The first-order chi connectivity index (χ1) is 35.2. The molecule has 4 amide bonds. The van der Waals surface area contributed by atoms with E-state index in [0.717, 1.165) is 12.3 Å². The zero-order chi connectivity index (χ0) is 52.3. The molecule has 1 radical (unpaired) electrons. The smallest absolute Gasteiger partial charge is 0.416 e. The maximum atomic E-state index is 14.2. The number of hydrogen-bond donors (Lipinski definition) is 4. The molecular weight excluding hydrogens is 1220 g/mol. The molecule has 76 heavy (non-hydrogen) atoms. The Hall–Kier alpha value is -6.76. The number of nitrogens with two attached hydrogens (primary N) is 1. The monoisotopic (exact) mass is 1270 g/mol. The van der Waals surface area contributed by atoms with Gasteiger partial charge >= 0.3 is 12.2 Å². The Morgan fingerprint density at radius 3 is 1.78 bits per heavy atom. The van der Waals surface area contributed by atoms with Crippen molar-refractivity contribution in [2.45, 2.75) is 12.2 Å². The van der Waals surface area contributed by atoms with E-state index in [1.165, 1.54) is 50.6 Å². The summed E-state index contributed by atoms with van der Waals surface area (Å²) in [6, 6.07) is 2.68. The zero-order valence-electron chi connectivity index (χ0n) is 39.9. The molecule has 6 aromatic heterocycles. The van der Waals surface area contributed by atoms with Crippen molar-refractivity contribution in [1.82, 2.24) is 54.3 Å². The molecule has 2 saturated heterocycles. The summed E-state index contributed by atoms with van der Waals surface area (Å²) >= 11 is 8.05. The third kappa shape index (κ3) is 14.8. The number of amides is 4. The number of pyridine rings is 2. The predicted molar refractivity (Wildman–Crippen MR) is 282 cm³/mol. The largest absolute Gasteiger partial charge is 0.474 e. The van der Waals surface area contributed by atoms with Gasteiger partial charge in [-0.3, -0.25) is 42.9 Å². The van der Waals surface area contributed by atoms with Crippen LogP contribution >= 0.6 is 61.2 Å². The van der Waals surface area contributed by atoms with Gasteiger partial charge in [0.1, 0.15) is 41.5 Å². The number of rotatable bonds is 12. The summed E-state index contributed by atoms with van der Waals surface area (Å²) in [5.41, 5.74) is 6.07. The molecule has 4 aliphatic rings. The number of carbonyl (C=O) groups is 5. The van der Waals surface area contributed by atoms with Crippen LogP contribution < -0.4 is 61.5 Å². The van der Waals surface area contributed by atoms with E-state index in [0.29, 0.717) is 37.1 Å². The summed E-state index contributed by atoms with van der Waals surface area (Å²) in [4.78, 5) is 117. The van der Waals surface area contributed by atoms with Crippen LogP contribution in [-0.4, -0.2) is 156 Å². The van der Waals surface area contributed by atoms with Gasteiger partial charge in [-0.15, -0.1) is 0 Å². The van der Waals surface area contributed by atoms with Crippen LogP contribution in [0, 0.1) is 5.82 Å². The third-order valence-electron chi connectivity index (χ3n) is 10.1. The van der Waals surface area contributed by atoms with Gasteiger partial charge in [0.2, 0.25) is 5.88 Å². The van der Waals surface area contributed by atoms with E-state index < -0.39 is 24.1 Å². The standard InChI is InChI=1S/C20H19FN8O6.C10H8ClN3O3.C10H11N5O4.CH3I.2H2S.V/c1-28-15(31)7-23-12-4-11(21)18(27-17(12)28)33-3-2-22-5-10-8-29(20(32)35-10)13-6-24-19-16(25-13)26-14(30)9-34-19;1-14-8(16)5-12-7-4-6(11)10(13-9(7)14)17-3-2-15;11-1-5-3-15(10(17)19-5)6-2-12-9-8(13-6)14-7(16)4-18-9;1-2;;;/h4,6-7,10,22H,2-3,5,8-9H2,1H3,(H,25,26,30);2,4-5H,3H2,1H3;2,5H,1,3-4,11H2,(H,13,14,16);1H3;2*1H2;/t10-;;5-;;;;/m0.0..../s1. The molecule has 35 heteroatoms. The summed E-state index contributed by atoms with van der Waals surface area (Å²) in [6.07, 6.45) is 3.62. The number of halogens is 3. The number of aryl methyl sites for hydroxylation is 2. The predicted octanol–water partition coefficient (Wildman–Crippen LogP) is 0.508. The molecule has 0 saturated carbocycles. The Morgan fingerprint density at radius 1 is 0.763 bits per heavy atom. The Balaban J connectivity index is 0.000000259. The Bertz CT molecular complexity index is 3230. The first-order valence-corrected chi connectivity index (χ1v) is 23.8. The van der Waals surface area contributed by atoms with Crippen LogP contribution in [0.15, 0.2) is 46.5 Å². The Kier molecular flexibility index (Phi) is 23.1. The quantitative estimate of drug-likeness (QED) is 0.0561. The van der Waals surface area contributed by atoms with Crippen molar-refractivity contribution in [3.05, 3.63) is 68.5 Å². The fraction of sp³-hybridized carbons (Fsp3) is 0.341. The van der Waals surface area contributed by atoms with Gasteiger partial charge in [0.25, 0.3) is 40.6 Å². The molecule has 29 nitrogen and oxygen atoms in total. The fourth-order valence-electron chi connectivity index (χ4n) is 6.64. The SMILES string of the molecule is CI.Cn1c(=O)cnc2cc(Cl)c(OCC=O)nc21.Cn1c(=O)cnc2cc(F)c(OCCNC[C@H]3CN(c4cnc5c(n4)NC(=O)CO5)C(=O)O3)nc21.NC[C@H]1CN(c2cnc3c(n2)NC(=O)CO3)C(=O)O1.S.S.[V]. The van der Waals surface area contributed by atoms with Crippen molar-refractivity contribution in [3.63, 3.8) is 0 Å². The molecule has 0 bridgehead atoms. The molecule has 405 valence electrons. The molecule has 6 aromatic rings. The molecule has 2 atom stereocenters. The van der Waals surface area contributed by atoms with E-state index in [4.69, 9.17) is 45.8 Å². The van der Waals surface area contributed by atoms with Crippen LogP contribution in [0.2, 0.25) is 5.02 Å². The van der Waals surface area contributed by atoms with Crippen molar-refractivity contribution < 1.29 is 75.3 Å². The number of fused-ring (bicyclic) bond motifs is 4. The van der Waals surface area contributed by atoms with Crippen molar-refractivity contribution in [2.24, 2.45) is 19.8 Å². The molecular formula is C41H45ClFIN16O13S2V. The Labute approximate surface area is 472 Å². The number of nitrogens with zero attached hydrogens (tertiary/aromatic N) is 12. The van der Waals surface area contributed by atoms with E-state index in [-0.39, 0.29) is 177 Å². The van der Waals surface area contributed by atoms with E-state index >= 15 is 0 Å². The van der Waals surface area contributed by atoms with E-state index in [9.17, 15) is 38.0 Å². The molecule has 0 unspecified atom stereocenters. The van der Waals surface area contributed by atoms with Crippen LogP contribution in [-0.2, 0) is 56.5 Å². The van der Waals surface area contributed by atoms with Crippen LogP contribution in [0.1, 0.15) is 0 Å². The van der Waals surface area contributed by atoms with Gasteiger partial charge in [0.05, 0.1) is 37.9 Å². The normalized spacial score (nSPS) is 15.7. The number of carbonyl (C=O) groups excluding carboxylic acids is 5. The third-order valence-corrected chi connectivity index (χ3v) is 10.4. The summed E-state index contributed by atoms with van der Waals surface area (Å²) in [5, 5.41) is 8.36. The molecule has 5 N–H and O–H groups in total. The number of ether oxygens (including phenoxy) is 6. The number of cyclic esters (lactones) is 2. The molecule has 0 aromatic carbocycles. The van der Waals surface area contributed by atoms with Crippen LogP contribution in [0.25, 0.3) is 22.3 Å². The number of aldehydes is 1. The zero-order valence-corrected chi connectivity index (χ0v) is 46.2. The van der Waals surface area contributed by atoms with Gasteiger partial charge in [0.15, 0.2) is 59.9 Å². The summed E-state index contributed by atoms with van der Waals surface area (Å²) in [7, 11) is 3.07. The van der Waals surface area contributed by atoms with Gasteiger partial charge in [-0.2, -0.15) is 37.0 Å². The molecule has 0 spiro atoms. The van der Waals surface area contributed by atoms with Crippen molar-refractivity contribution in [3.8, 4) is 23.5 Å². The van der Waals surface area contributed by atoms with E-state index in [1.807, 2.05) is 4.93 Å². The minimum absolute atomic E-state index is 0. The molecule has 0 aliphatic carbocycles.